The Morgan fingerprint density at radius 1 is 1.59 bits per heavy atom. The lowest BCUT2D eigenvalue weighted by Gasteiger charge is -2.24. The van der Waals surface area contributed by atoms with Gasteiger partial charge in [0.2, 0.25) is 11.8 Å². The van der Waals surface area contributed by atoms with Crippen LogP contribution in [0.1, 0.15) is 12.8 Å². The van der Waals surface area contributed by atoms with Crippen molar-refractivity contribution in [3.8, 4) is 5.88 Å². The van der Waals surface area contributed by atoms with E-state index in [1.54, 1.807) is 0 Å². The van der Waals surface area contributed by atoms with Gasteiger partial charge < -0.3 is 21.1 Å². The number of carbonyl (C=O) groups is 1. The molecule has 1 amide bonds. The maximum atomic E-state index is 11.0. The van der Waals surface area contributed by atoms with Crippen LogP contribution in [0, 0.1) is 0 Å². The zero-order valence-electron chi connectivity index (χ0n) is 9.56. The molecule has 1 aromatic rings. The molecule has 0 aromatic carbocycles. The van der Waals surface area contributed by atoms with E-state index >= 15 is 0 Å². The van der Waals surface area contributed by atoms with E-state index in [0.717, 1.165) is 6.42 Å². The predicted molar refractivity (Wildman–Crippen MR) is 62.7 cm³/mol. The summed E-state index contributed by atoms with van der Waals surface area (Å²) >= 11 is 0. The average molecular weight is 237 g/mol. The van der Waals surface area contributed by atoms with Crippen LogP contribution in [0.25, 0.3) is 0 Å². The summed E-state index contributed by atoms with van der Waals surface area (Å²) in [5.41, 5.74) is 6.22. The standard InChI is InChI=1S/C10H15N5O2/c1-17-10-8(11)9(13-5-14-10)15-6-2-3-7(16)12-4-6/h5-6H,2-4,11H2,1H3,(H,12,16)(H,13,14,15). The molecule has 0 saturated carbocycles. The number of hydrogen-bond donors (Lipinski definition) is 3. The molecule has 0 spiro atoms. The monoisotopic (exact) mass is 237 g/mol. The van der Waals surface area contributed by atoms with Crippen LogP contribution in [0.5, 0.6) is 5.88 Å². The topological polar surface area (TPSA) is 102 Å². The van der Waals surface area contributed by atoms with Crippen molar-refractivity contribution in [3.05, 3.63) is 6.33 Å². The van der Waals surface area contributed by atoms with E-state index < -0.39 is 0 Å². The van der Waals surface area contributed by atoms with Crippen molar-refractivity contribution in [1.29, 1.82) is 0 Å². The molecular formula is C10H15N5O2. The highest BCUT2D eigenvalue weighted by molar-refractivity contribution is 5.77. The molecule has 1 unspecified atom stereocenters. The third-order valence-corrected chi connectivity index (χ3v) is 2.65. The quantitative estimate of drug-likeness (QED) is 0.670. The van der Waals surface area contributed by atoms with Crippen molar-refractivity contribution in [2.24, 2.45) is 0 Å². The Morgan fingerprint density at radius 3 is 3.06 bits per heavy atom. The molecule has 2 heterocycles. The van der Waals surface area contributed by atoms with Crippen molar-refractivity contribution < 1.29 is 9.53 Å². The lowest BCUT2D eigenvalue weighted by molar-refractivity contribution is -0.122. The number of aromatic nitrogens is 2. The number of nitrogens with two attached hydrogens (primary N) is 1. The molecule has 0 aliphatic carbocycles. The molecule has 1 aliphatic heterocycles. The first kappa shape index (κ1) is 11.4. The van der Waals surface area contributed by atoms with Gasteiger partial charge in [0, 0.05) is 19.0 Å². The van der Waals surface area contributed by atoms with Gasteiger partial charge in [0.1, 0.15) is 12.0 Å². The van der Waals surface area contributed by atoms with Gasteiger partial charge in [-0.3, -0.25) is 4.79 Å². The number of nitrogens with zero attached hydrogens (tertiary/aromatic N) is 2. The second-order valence-corrected chi connectivity index (χ2v) is 3.83. The maximum Gasteiger partial charge on any atom is 0.242 e. The number of rotatable bonds is 3. The van der Waals surface area contributed by atoms with Gasteiger partial charge in [0.15, 0.2) is 5.82 Å². The molecular weight excluding hydrogens is 222 g/mol. The average Bonchev–Trinajstić information content (AvgIpc) is 2.35. The SMILES string of the molecule is COc1ncnc(NC2CCC(=O)NC2)c1N. The van der Waals surface area contributed by atoms with Crippen LogP contribution in [0.15, 0.2) is 6.33 Å². The molecule has 1 aliphatic rings. The molecule has 1 atom stereocenters. The summed E-state index contributed by atoms with van der Waals surface area (Å²) in [6, 6.07) is 0.134. The van der Waals surface area contributed by atoms with E-state index in [4.69, 9.17) is 10.5 Å². The van der Waals surface area contributed by atoms with Gasteiger partial charge >= 0.3 is 0 Å². The van der Waals surface area contributed by atoms with E-state index in [1.807, 2.05) is 0 Å². The number of amides is 1. The molecule has 17 heavy (non-hydrogen) atoms. The van der Waals surface area contributed by atoms with Crippen LogP contribution < -0.4 is 21.1 Å². The van der Waals surface area contributed by atoms with Crippen molar-refractivity contribution in [2.75, 3.05) is 24.7 Å². The first-order chi connectivity index (χ1) is 8.20. The molecule has 1 saturated heterocycles. The Kier molecular flexibility index (Phi) is 3.27. The molecule has 7 nitrogen and oxygen atoms in total. The lowest BCUT2D eigenvalue weighted by Crippen LogP contribution is -2.42. The molecule has 7 heteroatoms. The smallest absolute Gasteiger partial charge is 0.242 e. The Balaban J connectivity index is 2.06. The van der Waals surface area contributed by atoms with Crippen molar-refractivity contribution >= 4 is 17.4 Å². The van der Waals surface area contributed by atoms with Crippen LogP contribution in [-0.2, 0) is 4.79 Å². The van der Waals surface area contributed by atoms with Crippen LogP contribution in [-0.4, -0.2) is 35.6 Å². The first-order valence-electron chi connectivity index (χ1n) is 5.38. The van der Waals surface area contributed by atoms with Crippen molar-refractivity contribution in [3.63, 3.8) is 0 Å². The fourth-order valence-corrected chi connectivity index (χ4v) is 1.71. The molecule has 2 rings (SSSR count). The van der Waals surface area contributed by atoms with Gasteiger partial charge in [0.25, 0.3) is 0 Å². The Hall–Kier alpha value is -2.05. The Morgan fingerprint density at radius 2 is 2.41 bits per heavy atom. The minimum absolute atomic E-state index is 0.0799. The van der Waals surface area contributed by atoms with E-state index in [9.17, 15) is 4.79 Å². The number of methoxy groups -OCH3 is 1. The number of piperidine rings is 1. The summed E-state index contributed by atoms with van der Waals surface area (Å²) in [5, 5.41) is 5.96. The summed E-state index contributed by atoms with van der Waals surface area (Å²) < 4.78 is 5.01. The van der Waals surface area contributed by atoms with Gasteiger partial charge in [-0.15, -0.1) is 0 Å². The first-order valence-corrected chi connectivity index (χ1v) is 5.38. The zero-order valence-corrected chi connectivity index (χ0v) is 9.56. The number of carbonyl (C=O) groups excluding carboxylic acids is 1. The third-order valence-electron chi connectivity index (χ3n) is 2.65. The third kappa shape index (κ3) is 2.55. The maximum absolute atomic E-state index is 11.0. The summed E-state index contributed by atoms with van der Waals surface area (Å²) in [5.74, 6) is 0.969. The number of nitrogens with one attached hydrogen (secondary N) is 2. The summed E-state index contributed by atoms with van der Waals surface area (Å²) in [6.07, 6.45) is 2.66. The van der Waals surface area contributed by atoms with E-state index in [-0.39, 0.29) is 11.9 Å². The molecule has 0 bridgehead atoms. The van der Waals surface area contributed by atoms with Crippen LogP contribution in [0.3, 0.4) is 0 Å². The Labute approximate surface area is 98.8 Å². The van der Waals surface area contributed by atoms with Crippen LogP contribution in [0.4, 0.5) is 11.5 Å². The fraction of sp³-hybridized carbons (Fsp3) is 0.500. The number of ether oxygens (including phenoxy) is 1. The molecule has 92 valence electrons. The van der Waals surface area contributed by atoms with Gasteiger partial charge in [-0.2, -0.15) is 4.98 Å². The lowest BCUT2D eigenvalue weighted by atomic mass is 10.1. The van der Waals surface area contributed by atoms with Crippen molar-refractivity contribution in [2.45, 2.75) is 18.9 Å². The number of hydrogen-bond acceptors (Lipinski definition) is 6. The Bertz CT molecular complexity index is 413. The van der Waals surface area contributed by atoms with Gasteiger partial charge in [-0.05, 0) is 6.42 Å². The number of nitrogen functional groups attached to an aromatic ring is 1. The van der Waals surface area contributed by atoms with E-state index in [1.165, 1.54) is 13.4 Å². The molecule has 1 aromatic heterocycles. The highest BCUT2D eigenvalue weighted by Crippen LogP contribution is 2.25. The van der Waals surface area contributed by atoms with Gasteiger partial charge in [-0.1, -0.05) is 0 Å². The highest BCUT2D eigenvalue weighted by Gasteiger charge is 2.19. The fourth-order valence-electron chi connectivity index (χ4n) is 1.71. The van der Waals surface area contributed by atoms with E-state index in [0.29, 0.717) is 30.4 Å². The molecule has 1 fully saturated rings. The highest BCUT2D eigenvalue weighted by atomic mass is 16.5. The van der Waals surface area contributed by atoms with Gasteiger partial charge in [0.05, 0.1) is 7.11 Å². The molecule has 4 N–H and O–H groups in total. The summed E-state index contributed by atoms with van der Waals surface area (Å²) in [4.78, 5) is 19.0. The van der Waals surface area contributed by atoms with Gasteiger partial charge in [-0.25, -0.2) is 4.98 Å². The minimum atomic E-state index is 0.0799. The predicted octanol–water partition coefficient (Wildman–Crippen LogP) is -0.242. The normalized spacial score (nSPS) is 19.6. The van der Waals surface area contributed by atoms with Crippen molar-refractivity contribution in [1.82, 2.24) is 15.3 Å². The second kappa shape index (κ2) is 4.86. The second-order valence-electron chi connectivity index (χ2n) is 3.83. The number of anilines is 2. The summed E-state index contributed by atoms with van der Waals surface area (Å²) in [6.45, 7) is 0.574. The molecule has 0 radical (unpaired) electrons. The van der Waals surface area contributed by atoms with E-state index in [2.05, 4.69) is 20.6 Å². The van der Waals surface area contributed by atoms with Crippen LogP contribution in [0.2, 0.25) is 0 Å². The van der Waals surface area contributed by atoms with Crippen LogP contribution >= 0.6 is 0 Å². The summed E-state index contributed by atoms with van der Waals surface area (Å²) in [7, 11) is 1.50. The largest absolute Gasteiger partial charge is 0.479 e. The zero-order chi connectivity index (χ0) is 12.3. The minimum Gasteiger partial charge on any atom is -0.479 e.